The predicted molar refractivity (Wildman–Crippen MR) is 104 cm³/mol. The molecular weight excluding hydrogens is 492 g/mol. The molecule has 0 saturated carbocycles. The molecule has 1 atom stereocenters. The van der Waals surface area contributed by atoms with E-state index in [1.165, 1.54) is 54.8 Å². The predicted octanol–water partition coefficient (Wildman–Crippen LogP) is 5.61. The lowest BCUT2D eigenvalue weighted by Crippen LogP contribution is -2.04. The first-order valence-corrected chi connectivity index (χ1v) is 11.0. The van der Waals surface area contributed by atoms with Crippen molar-refractivity contribution >= 4 is 15.4 Å². The molecule has 4 rings (SSSR count). The smallest absolute Gasteiger partial charge is 0.329 e. The normalized spacial score (nSPS) is 14.1. The van der Waals surface area contributed by atoms with Crippen molar-refractivity contribution in [2.24, 2.45) is 4.36 Å². The van der Waals surface area contributed by atoms with Gasteiger partial charge in [-0.25, -0.2) is 4.21 Å². The van der Waals surface area contributed by atoms with Gasteiger partial charge in [-0.1, -0.05) is 10.3 Å². The summed E-state index contributed by atoms with van der Waals surface area (Å²) in [6, 6.07) is 11.1. The molecule has 2 aromatic heterocycles. The highest BCUT2D eigenvalue weighted by Gasteiger charge is 2.39. The fraction of sp³-hybridized carbons (Fsp3) is 0.158. The van der Waals surface area contributed by atoms with Crippen molar-refractivity contribution < 1.29 is 39.6 Å². The highest BCUT2D eigenvalue weighted by Crippen LogP contribution is 2.31. The van der Waals surface area contributed by atoms with Gasteiger partial charge >= 0.3 is 24.1 Å². The Balaban J connectivity index is 1.55. The van der Waals surface area contributed by atoms with Gasteiger partial charge in [0.05, 0.1) is 15.4 Å². The molecule has 1 unspecified atom stereocenters. The molecule has 0 fully saturated rings. The average molecular weight is 503 g/mol. The minimum atomic E-state index is -4.78. The summed E-state index contributed by atoms with van der Waals surface area (Å²) < 4.78 is 101. The SMILES string of the molecule is CS(=O)(=Nc1ccc(-c2noc(C(F)(F)F)n2)cc1)c1ccc(-c2noc(C(F)(F)F)n2)cc1. The quantitative estimate of drug-likeness (QED) is 0.333. The number of alkyl halides is 6. The summed E-state index contributed by atoms with van der Waals surface area (Å²) >= 11 is 0. The molecule has 178 valence electrons. The lowest BCUT2D eigenvalue weighted by molar-refractivity contribution is -0.160. The Morgan fingerprint density at radius 1 is 0.735 bits per heavy atom. The van der Waals surface area contributed by atoms with Gasteiger partial charge in [0.1, 0.15) is 0 Å². The van der Waals surface area contributed by atoms with Gasteiger partial charge in [-0.2, -0.15) is 40.7 Å². The summed E-state index contributed by atoms with van der Waals surface area (Å²) in [5.74, 6) is -3.53. The third kappa shape index (κ3) is 4.93. The van der Waals surface area contributed by atoms with Crippen molar-refractivity contribution in [1.82, 2.24) is 20.3 Å². The van der Waals surface area contributed by atoms with Crippen LogP contribution < -0.4 is 0 Å². The number of rotatable bonds is 4. The van der Waals surface area contributed by atoms with E-state index in [-0.39, 0.29) is 33.4 Å². The second-order valence-corrected chi connectivity index (χ2v) is 9.07. The highest BCUT2D eigenvalue weighted by atomic mass is 32.2. The summed E-state index contributed by atoms with van der Waals surface area (Å²) in [5, 5.41) is 6.56. The lowest BCUT2D eigenvalue weighted by atomic mass is 10.2. The van der Waals surface area contributed by atoms with E-state index in [0.717, 1.165) is 0 Å². The Morgan fingerprint density at radius 2 is 1.15 bits per heavy atom. The Morgan fingerprint density at radius 3 is 1.53 bits per heavy atom. The third-order valence-corrected chi connectivity index (χ3v) is 6.00. The van der Waals surface area contributed by atoms with Gasteiger partial charge in [-0.3, -0.25) is 0 Å². The Bertz CT molecular complexity index is 1430. The van der Waals surface area contributed by atoms with Gasteiger partial charge in [-0.05, 0) is 48.5 Å². The molecule has 0 saturated heterocycles. The van der Waals surface area contributed by atoms with E-state index in [9.17, 15) is 30.6 Å². The first-order chi connectivity index (χ1) is 15.8. The maximum absolute atomic E-state index is 13.1. The summed E-state index contributed by atoms with van der Waals surface area (Å²) in [6.07, 6.45) is -8.20. The standard InChI is InChI=1S/C19H11F6N5O3S/c1-34(31,13-8-4-11(5-9-13)15-27-17(33-29-15)19(23,24)25)30-12-6-2-10(3-7-12)14-26-16(32-28-14)18(20,21)22/h2-9H,1H3. The van der Waals surface area contributed by atoms with Crippen molar-refractivity contribution in [1.29, 1.82) is 0 Å². The molecule has 2 heterocycles. The van der Waals surface area contributed by atoms with Crippen LogP contribution in [0.3, 0.4) is 0 Å². The number of nitrogens with zero attached hydrogens (tertiary/aromatic N) is 5. The lowest BCUT2D eigenvalue weighted by Gasteiger charge is -2.06. The highest BCUT2D eigenvalue weighted by molar-refractivity contribution is 7.93. The molecule has 0 aliphatic rings. The van der Waals surface area contributed by atoms with Crippen LogP contribution in [0.5, 0.6) is 0 Å². The third-order valence-electron chi connectivity index (χ3n) is 4.29. The number of benzene rings is 2. The Labute approximate surface area is 186 Å². The van der Waals surface area contributed by atoms with Crippen LogP contribution in [0.15, 0.2) is 66.8 Å². The van der Waals surface area contributed by atoms with E-state index in [2.05, 4.69) is 33.7 Å². The van der Waals surface area contributed by atoms with Gasteiger partial charge in [0.2, 0.25) is 11.6 Å². The van der Waals surface area contributed by atoms with Crippen molar-refractivity contribution in [3.63, 3.8) is 0 Å². The van der Waals surface area contributed by atoms with Gasteiger partial charge in [0, 0.05) is 22.3 Å². The first-order valence-electron chi connectivity index (χ1n) is 9.08. The second kappa shape index (κ2) is 8.23. The minimum Gasteiger partial charge on any atom is -0.329 e. The molecule has 8 nitrogen and oxygen atoms in total. The molecule has 0 spiro atoms. The van der Waals surface area contributed by atoms with E-state index in [1.807, 2.05) is 0 Å². The average Bonchev–Trinajstić information content (AvgIpc) is 3.44. The van der Waals surface area contributed by atoms with Crippen molar-refractivity contribution in [3.05, 3.63) is 60.3 Å². The molecular formula is C19H11F6N5O3S. The molecule has 15 heteroatoms. The Kier molecular flexibility index (Phi) is 5.67. The monoisotopic (exact) mass is 503 g/mol. The first kappa shape index (κ1) is 23.4. The summed E-state index contributed by atoms with van der Waals surface area (Å²) in [4.78, 5) is 6.84. The van der Waals surface area contributed by atoms with E-state index in [0.29, 0.717) is 0 Å². The zero-order valence-electron chi connectivity index (χ0n) is 16.8. The van der Waals surface area contributed by atoms with Crippen LogP contribution in [0.2, 0.25) is 0 Å². The molecule has 0 bridgehead atoms. The van der Waals surface area contributed by atoms with Crippen LogP contribution >= 0.6 is 0 Å². The zero-order valence-corrected chi connectivity index (χ0v) is 17.6. The summed E-state index contributed by atoms with van der Waals surface area (Å²) in [7, 11) is -2.99. The number of hydrogen-bond acceptors (Lipinski definition) is 8. The van der Waals surface area contributed by atoms with Crippen LogP contribution in [0.4, 0.5) is 32.0 Å². The summed E-state index contributed by atoms with van der Waals surface area (Å²) in [5.41, 5.74) is 0.692. The number of hydrogen-bond donors (Lipinski definition) is 0. The van der Waals surface area contributed by atoms with Crippen LogP contribution in [-0.2, 0) is 22.1 Å². The van der Waals surface area contributed by atoms with E-state index in [1.54, 1.807) is 0 Å². The van der Waals surface area contributed by atoms with Gasteiger partial charge in [0.15, 0.2) is 0 Å². The fourth-order valence-electron chi connectivity index (χ4n) is 2.69. The zero-order chi connectivity index (χ0) is 24.7. The van der Waals surface area contributed by atoms with Crippen molar-refractivity contribution in [2.45, 2.75) is 17.2 Å². The van der Waals surface area contributed by atoms with E-state index < -0.39 is 33.9 Å². The molecule has 0 N–H and O–H groups in total. The van der Waals surface area contributed by atoms with Crippen LogP contribution in [0, 0.1) is 0 Å². The maximum Gasteiger partial charge on any atom is 0.471 e. The van der Waals surface area contributed by atoms with Gasteiger partial charge in [0.25, 0.3) is 0 Å². The minimum absolute atomic E-state index is 0.209. The number of halogens is 6. The second-order valence-electron chi connectivity index (χ2n) is 6.81. The molecule has 34 heavy (non-hydrogen) atoms. The molecule has 0 amide bonds. The van der Waals surface area contributed by atoms with Crippen LogP contribution in [-0.4, -0.2) is 30.7 Å². The fourth-order valence-corrected chi connectivity index (χ4v) is 3.96. The molecule has 4 aromatic rings. The largest absolute Gasteiger partial charge is 0.471 e. The maximum atomic E-state index is 13.1. The van der Waals surface area contributed by atoms with Crippen molar-refractivity contribution in [3.8, 4) is 22.8 Å². The molecule has 0 aliphatic heterocycles. The van der Waals surface area contributed by atoms with Crippen LogP contribution in [0.25, 0.3) is 22.8 Å². The molecule has 0 radical (unpaired) electrons. The number of aromatic nitrogens is 4. The van der Waals surface area contributed by atoms with Crippen molar-refractivity contribution in [2.75, 3.05) is 6.26 Å². The molecule has 2 aromatic carbocycles. The topological polar surface area (TPSA) is 107 Å². The van der Waals surface area contributed by atoms with Crippen LogP contribution in [0.1, 0.15) is 11.8 Å². The molecule has 0 aliphatic carbocycles. The Hall–Kier alpha value is -3.75. The van der Waals surface area contributed by atoms with E-state index >= 15 is 0 Å². The van der Waals surface area contributed by atoms with E-state index in [4.69, 9.17) is 0 Å². The van der Waals surface area contributed by atoms with Gasteiger partial charge in [-0.15, -0.1) is 0 Å². The van der Waals surface area contributed by atoms with Gasteiger partial charge < -0.3 is 9.05 Å². The summed E-state index contributed by atoms with van der Waals surface area (Å²) in [6.45, 7) is 0.